The fourth-order valence-corrected chi connectivity index (χ4v) is 3.25. The summed E-state index contributed by atoms with van der Waals surface area (Å²) in [4.78, 5) is 10.9. The fraction of sp³-hybridized carbons (Fsp3) is 0.571. The molecule has 0 spiro atoms. The first-order valence-corrected chi connectivity index (χ1v) is 9.31. The molecule has 0 aromatic heterocycles. The van der Waals surface area contributed by atoms with Crippen LogP contribution in [0, 0.1) is 0 Å². The highest BCUT2D eigenvalue weighted by atomic mass is 16.5. The summed E-state index contributed by atoms with van der Waals surface area (Å²) in [7, 11) is 0. The SMILES string of the molecule is C=CC(=O)OCCCCCCOc1ccc(C2CCCCC2)cc1. The molecule has 0 unspecified atom stereocenters. The molecule has 3 nitrogen and oxygen atoms in total. The number of benzene rings is 1. The van der Waals surface area contributed by atoms with Crippen molar-refractivity contribution >= 4 is 5.97 Å². The van der Waals surface area contributed by atoms with E-state index >= 15 is 0 Å². The molecule has 3 heteroatoms. The minimum atomic E-state index is -0.338. The molecule has 1 aromatic rings. The van der Waals surface area contributed by atoms with Gasteiger partial charge in [0.05, 0.1) is 13.2 Å². The zero-order valence-corrected chi connectivity index (χ0v) is 14.7. The Morgan fingerprint density at radius 3 is 2.33 bits per heavy atom. The second-order valence-electron chi connectivity index (χ2n) is 6.54. The van der Waals surface area contributed by atoms with Crippen LogP contribution in [-0.2, 0) is 9.53 Å². The Morgan fingerprint density at radius 1 is 1.00 bits per heavy atom. The van der Waals surface area contributed by atoms with E-state index in [4.69, 9.17) is 9.47 Å². The van der Waals surface area contributed by atoms with Crippen molar-refractivity contribution < 1.29 is 14.3 Å². The van der Waals surface area contributed by atoms with E-state index < -0.39 is 0 Å². The lowest BCUT2D eigenvalue weighted by atomic mass is 9.84. The summed E-state index contributed by atoms with van der Waals surface area (Å²) < 4.78 is 10.8. The Balaban J connectivity index is 1.54. The average Bonchev–Trinajstić information content (AvgIpc) is 2.65. The molecule has 1 aliphatic carbocycles. The second-order valence-corrected chi connectivity index (χ2v) is 6.54. The first-order chi connectivity index (χ1) is 11.8. The van der Waals surface area contributed by atoms with Gasteiger partial charge >= 0.3 is 5.97 Å². The number of ether oxygens (including phenoxy) is 2. The lowest BCUT2D eigenvalue weighted by molar-refractivity contribution is -0.137. The van der Waals surface area contributed by atoms with Crippen LogP contribution < -0.4 is 4.74 Å². The first-order valence-electron chi connectivity index (χ1n) is 9.31. The third-order valence-electron chi connectivity index (χ3n) is 4.68. The number of carbonyl (C=O) groups is 1. The lowest BCUT2D eigenvalue weighted by Crippen LogP contribution is -2.04. The molecular weight excluding hydrogens is 300 g/mol. The van der Waals surface area contributed by atoms with Gasteiger partial charge in [0.1, 0.15) is 5.75 Å². The number of hydrogen-bond donors (Lipinski definition) is 0. The molecule has 1 aliphatic rings. The Labute approximate surface area is 146 Å². The van der Waals surface area contributed by atoms with Gasteiger partial charge in [-0.1, -0.05) is 38.0 Å². The maximum Gasteiger partial charge on any atom is 0.330 e. The summed E-state index contributed by atoms with van der Waals surface area (Å²) in [5.41, 5.74) is 1.47. The quantitative estimate of drug-likeness (QED) is 0.327. The van der Waals surface area contributed by atoms with E-state index in [-0.39, 0.29) is 5.97 Å². The third kappa shape index (κ3) is 6.77. The van der Waals surface area contributed by atoms with Crippen molar-refractivity contribution in [3.05, 3.63) is 42.5 Å². The van der Waals surface area contributed by atoms with Gasteiger partial charge in [0.15, 0.2) is 0 Å². The molecule has 0 N–H and O–H groups in total. The zero-order valence-electron chi connectivity index (χ0n) is 14.7. The molecule has 1 saturated carbocycles. The van der Waals surface area contributed by atoms with Crippen molar-refractivity contribution in [2.45, 2.75) is 63.7 Å². The highest BCUT2D eigenvalue weighted by Gasteiger charge is 2.15. The van der Waals surface area contributed by atoms with E-state index in [1.165, 1.54) is 43.7 Å². The van der Waals surface area contributed by atoms with Crippen LogP contribution in [0.5, 0.6) is 5.75 Å². The third-order valence-corrected chi connectivity index (χ3v) is 4.68. The van der Waals surface area contributed by atoms with E-state index in [1.54, 1.807) is 0 Å². The molecule has 0 aliphatic heterocycles. The monoisotopic (exact) mass is 330 g/mol. The van der Waals surface area contributed by atoms with Crippen molar-refractivity contribution in [1.29, 1.82) is 0 Å². The molecule has 0 atom stereocenters. The van der Waals surface area contributed by atoms with Crippen molar-refractivity contribution in [3.8, 4) is 5.75 Å². The van der Waals surface area contributed by atoms with Crippen LogP contribution in [-0.4, -0.2) is 19.2 Å². The van der Waals surface area contributed by atoms with Crippen LogP contribution in [0.15, 0.2) is 36.9 Å². The minimum absolute atomic E-state index is 0.338. The topological polar surface area (TPSA) is 35.5 Å². The Bertz CT molecular complexity index is 486. The predicted molar refractivity (Wildman–Crippen MR) is 97.4 cm³/mol. The molecule has 132 valence electrons. The maximum absolute atomic E-state index is 10.9. The lowest BCUT2D eigenvalue weighted by Gasteiger charge is -2.22. The van der Waals surface area contributed by atoms with Crippen molar-refractivity contribution in [1.82, 2.24) is 0 Å². The zero-order chi connectivity index (χ0) is 17.0. The number of hydrogen-bond acceptors (Lipinski definition) is 3. The van der Waals surface area contributed by atoms with Crippen LogP contribution in [0.25, 0.3) is 0 Å². The van der Waals surface area contributed by atoms with Gasteiger partial charge in [0, 0.05) is 6.08 Å². The summed E-state index contributed by atoms with van der Waals surface area (Å²) in [6, 6.07) is 8.69. The van der Waals surface area contributed by atoms with Crippen LogP contribution in [0.4, 0.5) is 0 Å². The molecule has 2 rings (SSSR count). The normalized spacial score (nSPS) is 15.0. The predicted octanol–water partition coefficient (Wildman–Crippen LogP) is 5.40. The fourth-order valence-electron chi connectivity index (χ4n) is 3.25. The van der Waals surface area contributed by atoms with Gasteiger partial charge in [0.25, 0.3) is 0 Å². The molecule has 0 amide bonds. The highest BCUT2D eigenvalue weighted by Crippen LogP contribution is 2.33. The number of rotatable bonds is 10. The van der Waals surface area contributed by atoms with Crippen molar-refractivity contribution in [2.24, 2.45) is 0 Å². The van der Waals surface area contributed by atoms with E-state index in [9.17, 15) is 4.79 Å². The molecule has 0 saturated heterocycles. The van der Waals surface area contributed by atoms with E-state index in [0.29, 0.717) is 6.61 Å². The maximum atomic E-state index is 10.9. The number of unbranched alkanes of at least 4 members (excludes halogenated alkanes) is 3. The summed E-state index contributed by atoms with van der Waals surface area (Å²) in [5, 5.41) is 0. The summed E-state index contributed by atoms with van der Waals surface area (Å²) in [5.74, 6) is 1.38. The largest absolute Gasteiger partial charge is 0.494 e. The average molecular weight is 330 g/mol. The Hall–Kier alpha value is -1.77. The molecule has 1 fully saturated rings. The van der Waals surface area contributed by atoms with Crippen molar-refractivity contribution in [3.63, 3.8) is 0 Å². The number of esters is 1. The molecule has 0 radical (unpaired) electrons. The molecule has 0 heterocycles. The summed E-state index contributed by atoms with van der Waals surface area (Å²) in [6.45, 7) is 4.60. The number of carbonyl (C=O) groups excluding carboxylic acids is 1. The van der Waals surface area contributed by atoms with Gasteiger partial charge in [-0.25, -0.2) is 4.79 Å². The first kappa shape index (κ1) is 18.6. The standard InChI is InChI=1S/C21H30O3/c1-2-21(22)24-17-9-4-3-8-16-23-20-14-12-19(13-15-20)18-10-6-5-7-11-18/h2,12-15,18H,1,3-11,16-17H2. The molecular formula is C21H30O3. The van der Waals surface area contributed by atoms with Crippen LogP contribution in [0.3, 0.4) is 0 Å². The molecule has 1 aromatic carbocycles. The van der Waals surface area contributed by atoms with Gasteiger partial charge in [0.2, 0.25) is 0 Å². The van der Waals surface area contributed by atoms with E-state index in [1.807, 2.05) is 0 Å². The second kappa shape index (κ2) is 10.9. The Kier molecular flexibility index (Phi) is 8.43. The highest BCUT2D eigenvalue weighted by molar-refractivity contribution is 5.81. The molecule has 0 bridgehead atoms. The van der Waals surface area contributed by atoms with Gasteiger partial charge in [-0.15, -0.1) is 0 Å². The minimum Gasteiger partial charge on any atom is -0.494 e. The van der Waals surface area contributed by atoms with Gasteiger partial charge in [-0.2, -0.15) is 0 Å². The summed E-state index contributed by atoms with van der Waals surface area (Å²) >= 11 is 0. The van der Waals surface area contributed by atoms with Gasteiger partial charge in [-0.3, -0.25) is 0 Å². The van der Waals surface area contributed by atoms with E-state index in [0.717, 1.165) is 44.0 Å². The van der Waals surface area contributed by atoms with Crippen LogP contribution >= 0.6 is 0 Å². The van der Waals surface area contributed by atoms with Gasteiger partial charge in [-0.05, 0) is 62.1 Å². The van der Waals surface area contributed by atoms with Crippen LogP contribution in [0.2, 0.25) is 0 Å². The Morgan fingerprint density at radius 2 is 1.67 bits per heavy atom. The van der Waals surface area contributed by atoms with Crippen molar-refractivity contribution in [2.75, 3.05) is 13.2 Å². The van der Waals surface area contributed by atoms with E-state index in [2.05, 4.69) is 30.8 Å². The summed E-state index contributed by atoms with van der Waals surface area (Å²) in [6.07, 6.45) is 12.1. The smallest absolute Gasteiger partial charge is 0.330 e. The van der Waals surface area contributed by atoms with Crippen LogP contribution in [0.1, 0.15) is 69.3 Å². The van der Waals surface area contributed by atoms with Gasteiger partial charge < -0.3 is 9.47 Å². The molecule has 24 heavy (non-hydrogen) atoms.